The van der Waals surface area contributed by atoms with Gasteiger partial charge in [0, 0.05) is 5.56 Å². The zero-order chi connectivity index (χ0) is 13.5. The maximum atomic E-state index is 10.5. The van der Waals surface area contributed by atoms with Crippen molar-refractivity contribution in [3.8, 4) is 0 Å². The van der Waals surface area contributed by atoms with Gasteiger partial charge in [0.25, 0.3) is 5.09 Å². The summed E-state index contributed by atoms with van der Waals surface area (Å²) in [5.74, 6) is 0. The van der Waals surface area contributed by atoms with E-state index in [1.165, 1.54) is 0 Å². The number of benzene rings is 2. The molecule has 0 saturated carbocycles. The van der Waals surface area contributed by atoms with Crippen molar-refractivity contribution in [2.45, 2.75) is 6.61 Å². The van der Waals surface area contributed by atoms with Gasteiger partial charge >= 0.3 is 6.29 Å². The molecule has 0 atom stereocenters. The Hall–Kier alpha value is -2.40. The van der Waals surface area contributed by atoms with Crippen molar-refractivity contribution in [3.05, 3.63) is 88.2 Å². The average Bonchev–Trinajstić information content (AvgIpc) is 2.45. The Balaban J connectivity index is 2.04. The summed E-state index contributed by atoms with van der Waals surface area (Å²) in [5.41, 5.74) is 1.43. The van der Waals surface area contributed by atoms with Gasteiger partial charge in [0.15, 0.2) is 0 Å². The Kier molecular flexibility index (Phi) is 4.47. The standard InChI is InChI=1S/C14H12NO4/c16-15(17)19-14(13-9-5-2-6-10-13)18-11-12-7-3-1-4-8-12/h1-10H,11H2. The Morgan fingerprint density at radius 1 is 1.00 bits per heavy atom. The quantitative estimate of drug-likeness (QED) is 0.590. The molecule has 0 fully saturated rings. The van der Waals surface area contributed by atoms with Crippen LogP contribution in [0.15, 0.2) is 60.7 Å². The lowest BCUT2D eigenvalue weighted by Gasteiger charge is -2.14. The van der Waals surface area contributed by atoms with Crippen molar-refractivity contribution in [2.75, 3.05) is 0 Å². The van der Waals surface area contributed by atoms with E-state index >= 15 is 0 Å². The number of nitrogens with zero attached hydrogens (tertiary/aromatic N) is 1. The molecular weight excluding hydrogens is 246 g/mol. The van der Waals surface area contributed by atoms with Crippen molar-refractivity contribution < 1.29 is 14.7 Å². The normalized spacial score (nSPS) is 10.4. The number of hydrogen-bond acceptors (Lipinski definition) is 4. The largest absolute Gasteiger partial charge is 0.338 e. The van der Waals surface area contributed by atoms with E-state index < -0.39 is 5.09 Å². The molecule has 97 valence electrons. The van der Waals surface area contributed by atoms with Crippen LogP contribution in [0.3, 0.4) is 0 Å². The molecule has 2 rings (SSSR count). The van der Waals surface area contributed by atoms with Crippen molar-refractivity contribution >= 4 is 0 Å². The fourth-order valence-electron chi connectivity index (χ4n) is 1.53. The van der Waals surface area contributed by atoms with E-state index in [0.29, 0.717) is 5.56 Å². The summed E-state index contributed by atoms with van der Waals surface area (Å²) in [6.45, 7) is 0.207. The van der Waals surface area contributed by atoms with Crippen LogP contribution in [0, 0.1) is 16.4 Å². The minimum atomic E-state index is -0.882. The van der Waals surface area contributed by atoms with Crippen LogP contribution in [-0.4, -0.2) is 5.09 Å². The fraction of sp³-hybridized carbons (Fsp3) is 0.0714. The van der Waals surface area contributed by atoms with Gasteiger partial charge in [-0.25, -0.2) is 0 Å². The third-order valence-corrected chi connectivity index (χ3v) is 2.38. The lowest BCUT2D eigenvalue weighted by Crippen LogP contribution is -2.14. The smallest absolute Gasteiger partial charge is 0.301 e. The highest BCUT2D eigenvalue weighted by Gasteiger charge is 2.18. The monoisotopic (exact) mass is 258 g/mol. The van der Waals surface area contributed by atoms with Gasteiger partial charge in [0.05, 0.1) is 6.61 Å². The molecule has 0 aliphatic carbocycles. The van der Waals surface area contributed by atoms with Crippen molar-refractivity contribution in [1.82, 2.24) is 0 Å². The molecule has 0 aromatic heterocycles. The second-order valence-corrected chi connectivity index (χ2v) is 3.74. The van der Waals surface area contributed by atoms with Crippen molar-refractivity contribution in [3.63, 3.8) is 0 Å². The predicted molar refractivity (Wildman–Crippen MR) is 68.1 cm³/mol. The van der Waals surface area contributed by atoms with Crippen LogP contribution in [0.2, 0.25) is 0 Å². The van der Waals surface area contributed by atoms with E-state index in [9.17, 15) is 10.1 Å². The minimum absolute atomic E-state index is 0.116. The second kappa shape index (κ2) is 6.51. The first kappa shape index (κ1) is 13.0. The fourth-order valence-corrected chi connectivity index (χ4v) is 1.53. The molecule has 0 spiro atoms. The number of ether oxygens (including phenoxy) is 1. The lowest BCUT2D eigenvalue weighted by molar-refractivity contribution is -0.760. The topological polar surface area (TPSA) is 61.6 Å². The van der Waals surface area contributed by atoms with Crippen molar-refractivity contribution in [1.29, 1.82) is 0 Å². The highest BCUT2D eigenvalue weighted by molar-refractivity contribution is 5.24. The lowest BCUT2D eigenvalue weighted by atomic mass is 10.2. The molecule has 2 aromatic carbocycles. The third kappa shape index (κ3) is 4.08. The maximum absolute atomic E-state index is 10.5. The van der Waals surface area contributed by atoms with Crippen LogP contribution in [-0.2, 0) is 16.2 Å². The summed E-state index contributed by atoms with van der Waals surface area (Å²) in [6.07, 6.45) is -0.116. The molecule has 5 nitrogen and oxygen atoms in total. The van der Waals surface area contributed by atoms with Crippen LogP contribution in [0.25, 0.3) is 0 Å². The Labute approximate surface area is 110 Å². The Bertz CT molecular complexity index is 515. The molecular formula is C14H12NO4. The predicted octanol–water partition coefficient (Wildman–Crippen LogP) is 2.95. The molecule has 0 bridgehead atoms. The molecule has 0 aliphatic heterocycles. The molecule has 2 aromatic rings. The first-order valence-corrected chi connectivity index (χ1v) is 5.67. The molecule has 0 saturated heterocycles. The van der Waals surface area contributed by atoms with E-state index in [4.69, 9.17) is 4.74 Å². The maximum Gasteiger partial charge on any atom is 0.301 e. The SMILES string of the molecule is O=[N+]([O-])O[C](OCc1ccccc1)c1ccccc1. The first-order chi connectivity index (χ1) is 9.25. The summed E-state index contributed by atoms with van der Waals surface area (Å²) < 4.78 is 5.38. The van der Waals surface area contributed by atoms with Crippen molar-refractivity contribution in [2.24, 2.45) is 0 Å². The minimum Gasteiger partial charge on any atom is -0.338 e. The summed E-state index contributed by atoms with van der Waals surface area (Å²) in [7, 11) is 0. The molecule has 5 heteroatoms. The van der Waals surface area contributed by atoms with E-state index in [1.807, 2.05) is 36.4 Å². The molecule has 0 amide bonds. The van der Waals surface area contributed by atoms with Crippen LogP contribution in [0.5, 0.6) is 0 Å². The zero-order valence-corrected chi connectivity index (χ0v) is 10.1. The van der Waals surface area contributed by atoms with Gasteiger partial charge in [-0.15, -0.1) is 10.1 Å². The van der Waals surface area contributed by atoms with Gasteiger partial charge < -0.3 is 4.74 Å². The van der Waals surface area contributed by atoms with Gasteiger partial charge in [0.1, 0.15) is 0 Å². The van der Waals surface area contributed by atoms with Crippen LogP contribution in [0.1, 0.15) is 11.1 Å². The molecule has 0 unspecified atom stereocenters. The molecule has 1 radical (unpaired) electrons. The van der Waals surface area contributed by atoms with E-state index in [1.54, 1.807) is 24.3 Å². The van der Waals surface area contributed by atoms with E-state index in [0.717, 1.165) is 5.56 Å². The zero-order valence-electron chi connectivity index (χ0n) is 10.1. The van der Waals surface area contributed by atoms with Gasteiger partial charge in [-0.3, -0.25) is 4.84 Å². The summed E-state index contributed by atoms with van der Waals surface area (Å²) in [5, 5.41) is 9.60. The van der Waals surface area contributed by atoms with Gasteiger partial charge in [-0.2, -0.15) is 0 Å². The molecule has 0 heterocycles. The van der Waals surface area contributed by atoms with Crippen LogP contribution >= 0.6 is 0 Å². The molecule has 19 heavy (non-hydrogen) atoms. The average molecular weight is 258 g/mol. The molecule has 0 aliphatic rings. The third-order valence-electron chi connectivity index (χ3n) is 2.38. The van der Waals surface area contributed by atoms with E-state index in [2.05, 4.69) is 4.84 Å². The molecule has 0 N–H and O–H groups in total. The van der Waals surface area contributed by atoms with Crippen LogP contribution < -0.4 is 0 Å². The van der Waals surface area contributed by atoms with Gasteiger partial charge in [-0.05, 0) is 5.56 Å². The van der Waals surface area contributed by atoms with Gasteiger partial charge in [-0.1, -0.05) is 60.7 Å². The van der Waals surface area contributed by atoms with E-state index in [-0.39, 0.29) is 12.9 Å². The summed E-state index contributed by atoms with van der Waals surface area (Å²) in [6, 6.07) is 18.1. The highest BCUT2D eigenvalue weighted by atomic mass is 17.0. The Morgan fingerprint density at radius 3 is 2.16 bits per heavy atom. The summed E-state index contributed by atoms with van der Waals surface area (Å²) >= 11 is 0. The Morgan fingerprint density at radius 2 is 1.58 bits per heavy atom. The summed E-state index contributed by atoms with van der Waals surface area (Å²) in [4.78, 5) is 15.0. The number of hydrogen-bond donors (Lipinski definition) is 0. The second-order valence-electron chi connectivity index (χ2n) is 3.74. The highest BCUT2D eigenvalue weighted by Crippen LogP contribution is 2.19. The van der Waals surface area contributed by atoms with Gasteiger partial charge in [0.2, 0.25) is 0 Å². The van der Waals surface area contributed by atoms with Crippen LogP contribution in [0.4, 0.5) is 0 Å². The number of rotatable bonds is 6. The first-order valence-electron chi connectivity index (χ1n) is 5.67.